The van der Waals surface area contributed by atoms with Gasteiger partial charge in [-0.2, -0.15) is 4.98 Å². The highest BCUT2D eigenvalue weighted by molar-refractivity contribution is 8.26. The molecular weight excluding hydrogens is 521 g/mol. The van der Waals surface area contributed by atoms with Crippen LogP contribution in [0, 0.1) is 12.7 Å². The molecule has 1 fully saturated rings. The van der Waals surface area contributed by atoms with E-state index in [0.29, 0.717) is 15.0 Å². The highest BCUT2D eigenvalue weighted by Gasteiger charge is 2.33. The molecule has 2 aromatic heterocycles. The van der Waals surface area contributed by atoms with Gasteiger partial charge in [0.15, 0.2) is 11.6 Å². The largest absolute Gasteiger partial charge is 0.435 e. The summed E-state index contributed by atoms with van der Waals surface area (Å²) < 4.78 is 21.8. The van der Waals surface area contributed by atoms with Gasteiger partial charge in [0.2, 0.25) is 5.88 Å². The van der Waals surface area contributed by atoms with Crippen LogP contribution in [0.5, 0.6) is 11.6 Å². The fourth-order valence-electron chi connectivity index (χ4n) is 3.69. The maximum Gasteiger partial charge on any atom is 0.269 e. The van der Waals surface area contributed by atoms with Crippen molar-refractivity contribution in [1.29, 1.82) is 0 Å². The van der Waals surface area contributed by atoms with Crippen molar-refractivity contribution in [1.82, 2.24) is 14.3 Å². The van der Waals surface area contributed by atoms with E-state index in [1.54, 1.807) is 43.5 Å². The monoisotopic (exact) mass is 537 g/mol. The number of para-hydroxylation sites is 1. The van der Waals surface area contributed by atoms with Crippen LogP contribution in [0.1, 0.15) is 16.7 Å². The van der Waals surface area contributed by atoms with Gasteiger partial charge in [0.05, 0.1) is 11.4 Å². The highest BCUT2D eigenvalue weighted by Crippen LogP contribution is 2.36. The number of halogens is 2. The van der Waals surface area contributed by atoms with Crippen LogP contribution in [0.2, 0.25) is 5.02 Å². The van der Waals surface area contributed by atoms with Crippen molar-refractivity contribution in [2.75, 3.05) is 0 Å². The predicted molar refractivity (Wildman–Crippen MR) is 143 cm³/mol. The molecule has 2 aromatic carbocycles. The van der Waals surface area contributed by atoms with Gasteiger partial charge in [0.25, 0.3) is 11.5 Å². The minimum Gasteiger partial charge on any atom is -0.435 e. The number of amides is 1. The van der Waals surface area contributed by atoms with E-state index < -0.39 is 11.4 Å². The van der Waals surface area contributed by atoms with Crippen molar-refractivity contribution in [3.8, 4) is 11.6 Å². The van der Waals surface area contributed by atoms with E-state index >= 15 is 0 Å². The molecular formula is C26H17ClFN3O3S2. The molecule has 1 aliphatic rings. The number of pyridine rings is 1. The molecule has 0 radical (unpaired) electrons. The number of rotatable bonds is 5. The predicted octanol–water partition coefficient (Wildman–Crippen LogP) is 5.99. The van der Waals surface area contributed by atoms with Gasteiger partial charge in [-0.25, -0.2) is 4.39 Å². The van der Waals surface area contributed by atoms with Crippen LogP contribution < -0.4 is 10.3 Å². The summed E-state index contributed by atoms with van der Waals surface area (Å²) in [7, 11) is 0. The van der Waals surface area contributed by atoms with Gasteiger partial charge in [0, 0.05) is 11.2 Å². The molecule has 3 heterocycles. The number of thiocarbonyl (C=S) groups is 1. The third kappa shape index (κ3) is 4.53. The Morgan fingerprint density at radius 2 is 1.86 bits per heavy atom. The van der Waals surface area contributed by atoms with Crippen LogP contribution in [0.25, 0.3) is 11.7 Å². The number of hydrogen-bond acceptors (Lipinski definition) is 6. The molecule has 6 nitrogen and oxygen atoms in total. The van der Waals surface area contributed by atoms with Gasteiger partial charge in [-0.1, -0.05) is 72.0 Å². The van der Waals surface area contributed by atoms with Crippen LogP contribution in [0.15, 0.2) is 76.6 Å². The van der Waals surface area contributed by atoms with E-state index in [9.17, 15) is 14.0 Å². The Balaban J connectivity index is 1.60. The van der Waals surface area contributed by atoms with Crippen LogP contribution in [-0.4, -0.2) is 24.5 Å². The molecule has 36 heavy (non-hydrogen) atoms. The zero-order valence-corrected chi connectivity index (χ0v) is 21.2. The first-order valence-corrected chi connectivity index (χ1v) is 12.4. The summed E-state index contributed by atoms with van der Waals surface area (Å²) in [5, 5.41) is 0.517. The van der Waals surface area contributed by atoms with Crippen molar-refractivity contribution in [3.05, 3.63) is 110 Å². The number of carbonyl (C=O) groups excluding carboxylic acids is 1. The second kappa shape index (κ2) is 9.85. The Hall–Kier alpha value is -3.53. The molecule has 0 spiro atoms. The van der Waals surface area contributed by atoms with Gasteiger partial charge in [-0.05, 0) is 48.4 Å². The number of thioether (sulfide) groups is 1. The van der Waals surface area contributed by atoms with Crippen molar-refractivity contribution in [2.24, 2.45) is 0 Å². The van der Waals surface area contributed by atoms with Crippen molar-refractivity contribution < 1.29 is 13.9 Å². The molecule has 180 valence electrons. The normalized spacial score (nSPS) is 14.8. The van der Waals surface area contributed by atoms with Crippen molar-refractivity contribution in [2.45, 2.75) is 13.5 Å². The maximum atomic E-state index is 14.4. The smallest absolute Gasteiger partial charge is 0.269 e. The second-order valence-electron chi connectivity index (χ2n) is 7.91. The summed E-state index contributed by atoms with van der Waals surface area (Å²) in [5.74, 6) is -1.20. The number of carbonyl (C=O) groups is 1. The number of ether oxygens (including phenoxy) is 1. The van der Waals surface area contributed by atoms with Crippen LogP contribution in [0.4, 0.5) is 4.39 Å². The van der Waals surface area contributed by atoms with Gasteiger partial charge < -0.3 is 4.74 Å². The molecule has 10 heteroatoms. The summed E-state index contributed by atoms with van der Waals surface area (Å²) in [6, 6.07) is 16.5. The molecule has 0 N–H and O–H groups in total. The fraction of sp³-hybridized carbons (Fsp3) is 0.0769. The van der Waals surface area contributed by atoms with E-state index in [4.69, 9.17) is 28.6 Å². The number of hydrogen-bond donors (Lipinski definition) is 0. The SMILES string of the molecule is Cc1cccn2c(=O)c(/C=C3/SC(=S)N(Cc4ccccc4Cl)C3=O)c(Oc3ccccc3F)nc12. The Morgan fingerprint density at radius 1 is 1.11 bits per heavy atom. The lowest BCUT2D eigenvalue weighted by Gasteiger charge is -2.15. The maximum absolute atomic E-state index is 14.4. The lowest BCUT2D eigenvalue weighted by molar-refractivity contribution is -0.122. The Morgan fingerprint density at radius 3 is 2.64 bits per heavy atom. The molecule has 0 atom stereocenters. The van der Waals surface area contributed by atoms with Gasteiger partial charge >= 0.3 is 0 Å². The molecule has 1 saturated heterocycles. The lowest BCUT2D eigenvalue weighted by Crippen LogP contribution is -2.27. The zero-order chi connectivity index (χ0) is 25.4. The second-order valence-corrected chi connectivity index (χ2v) is 10.00. The Kier molecular flexibility index (Phi) is 6.61. The summed E-state index contributed by atoms with van der Waals surface area (Å²) in [6.07, 6.45) is 2.97. The minimum absolute atomic E-state index is 0.000374. The number of fused-ring (bicyclic) bond motifs is 1. The number of aromatic nitrogens is 2. The third-order valence-electron chi connectivity index (χ3n) is 5.53. The van der Waals surface area contributed by atoms with E-state index in [-0.39, 0.29) is 34.6 Å². The summed E-state index contributed by atoms with van der Waals surface area (Å²) in [6.45, 7) is 1.99. The van der Waals surface area contributed by atoms with E-state index in [0.717, 1.165) is 22.9 Å². The standard InChI is InChI=1S/C26H17ClFN3O3S2/c1-15-7-6-12-30-22(15)29-23(34-20-11-5-4-10-19(20)28)17(24(30)32)13-21-25(33)31(26(35)36-21)14-16-8-2-3-9-18(16)27/h2-13H,14H2,1H3/b21-13+. The van der Waals surface area contributed by atoms with E-state index in [1.165, 1.54) is 33.6 Å². The quantitative estimate of drug-likeness (QED) is 0.230. The molecule has 5 rings (SSSR count). The first-order chi connectivity index (χ1) is 17.3. The molecule has 1 amide bonds. The van der Waals surface area contributed by atoms with Gasteiger partial charge in [-0.3, -0.25) is 18.9 Å². The lowest BCUT2D eigenvalue weighted by atomic mass is 10.2. The zero-order valence-electron chi connectivity index (χ0n) is 18.8. The molecule has 0 unspecified atom stereocenters. The average molecular weight is 538 g/mol. The topological polar surface area (TPSA) is 63.9 Å². The highest BCUT2D eigenvalue weighted by atomic mass is 35.5. The minimum atomic E-state index is -0.610. The summed E-state index contributed by atoms with van der Waals surface area (Å²) in [4.78, 5) is 32.9. The summed E-state index contributed by atoms with van der Waals surface area (Å²) in [5.41, 5.74) is 1.36. The first kappa shape index (κ1) is 24.2. The number of nitrogens with zero attached hydrogens (tertiary/aromatic N) is 3. The molecule has 0 bridgehead atoms. The van der Waals surface area contributed by atoms with Gasteiger partial charge in [0.1, 0.15) is 15.5 Å². The molecule has 0 saturated carbocycles. The molecule has 4 aromatic rings. The van der Waals surface area contributed by atoms with Gasteiger partial charge in [-0.15, -0.1) is 0 Å². The fourth-order valence-corrected chi connectivity index (χ4v) is 5.12. The van der Waals surface area contributed by atoms with Crippen LogP contribution >= 0.6 is 35.6 Å². The molecule has 0 aliphatic carbocycles. The average Bonchev–Trinajstić information content (AvgIpc) is 3.12. The number of aryl methyl sites for hydroxylation is 1. The number of benzene rings is 2. The summed E-state index contributed by atoms with van der Waals surface area (Å²) >= 11 is 12.8. The van der Waals surface area contributed by atoms with Crippen LogP contribution in [-0.2, 0) is 11.3 Å². The van der Waals surface area contributed by atoms with E-state index in [2.05, 4.69) is 4.98 Å². The molecule has 1 aliphatic heterocycles. The Labute approximate surface area is 220 Å². The first-order valence-electron chi connectivity index (χ1n) is 10.8. The van der Waals surface area contributed by atoms with Crippen molar-refractivity contribution in [3.63, 3.8) is 0 Å². The Bertz CT molecular complexity index is 1640. The van der Waals surface area contributed by atoms with Crippen molar-refractivity contribution >= 4 is 57.5 Å². The van der Waals surface area contributed by atoms with E-state index in [1.807, 2.05) is 12.1 Å². The van der Waals surface area contributed by atoms with Crippen LogP contribution in [0.3, 0.4) is 0 Å². The third-order valence-corrected chi connectivity index (χ3v) is 7.27.